The normalized spacial score (nSPS) is 17.1. The number of carbonyl (C=O) groups is 2. The van der Waals surface area contributed by atoms with Gasteiger partial charge < -0.3 is 9.80 Å². The van der Waals surface area contributed by atoms with Crippen LogP contribution in [0.5, 0.6) is 0 Å². The molecule has 27 heavy (non-hydrogen) atoms. The van der Waals surface area contributed by atoms with E-state index in [1.54, 1.807) is 24.0 Å². The zero-order valence-electron chi connectivity index (χ0n) is 14.9. The number of halogens is 1. The van der Waals surface area contributed by atoms with Crippen molar-refractivity contribution in [3.8, 4) is 0 Å². The highest BCUT2D eigenvalue weighted by Crippen LogP contribution is 2.29. The van der Waals surface area contributed by atoms with E-state index in [9.17, 15) is 19.7 Å². The van der Waals surface area contributed by atoms with E-state index in [2.05, 4.69) is 0 Å². The fourth-order valence-electron chi connectivity index (χ4n) is 3.17. The largest absolute Gasteiger partial charge is 0.325 e. The highest BCUT2D eigenvalue weighted by molar-refractivity contribution is 6.31. The van der Waals surface area contributed by atoms with Crippen molar-refractivity contribution in [2.24, 2.45) is 0 Å². The van der Waals surface area contributed by atoms with Gasteiger partial charge in [-0.1, -0.05) is 17.7 Å². The van der Waals surface area contributed by atoms with Crippen LogP contribution in [0, 0.1) is 17.0 Å². The first-order valence-corrected chi connectivity index (χ1v) is 8.81. The summed E-state index contributed by atoms with van der Waals surface area (Å²) in [7, 11) is 0. The summed E-state index contributed by atoms with van der Waals surface area (Å²) in [5.74, 6) is -0.518. The first kappa shape index (κ1) is 18.8. The standard InChI is InChI=1S/C19H18ClN3O4/c1-12-16(20)4-3-5-17(12)22-11-10-21(13(2)18(22)24)19(25)14-6-8-15(9-7-14)23(26)27/h3-9,13H,10-11H2,1-2H3. The quantitative estimate of drug-likeness (QED) is 0.596. The van der Waals surface area contributed by atoms with Gasteiger partial charge in [-0.3, -0.25) is 19.7 Å². The van der Waals surface area contributed by atoms with Crippen molar-refractivity contribution < 1.29 is 14.5 Å². The van der Waals surface area contributed by atoms with Gasteiger partial charge in [0.2, 0.25) is 5.91 Å². The first-order valence-electron chi connectivity index (χ1n) is 8.43. The van der Waals surface area contributed by atoms with E-state index in [4.69, 9.17) is 11.6 Å². The van der Waals surface area contributed by atoms with Crippen molar-refractivity contribution in [3.05, 3.63) is 68.7 Å². The van der Waals surface area contributed by atoms with Crippen LogP contribution in [0.3, 0.4) is 0 Å². The fourth-order valence-corrected chi connectivity index (χ4v) is 3.34. The molecular weight excluding hydrogens is 370 g/mol. The molecule has 2 amide bonds. The van der Waals surface area contributed by atoms with Gasteiger partial charge >= 0.3 is 0 Å². The lowest BCUT2D eigenvalue weighted by Gasteiger charge is -2.39. The summed E-state index contributed by atoms with van der Waals surface area (Å²) in [6.07, 6.45) is 0. The molecule has 0 aliphatic carbocycles. The molecule has 1 heterocycles. The molecule has 1 aliphatic heterocycles. The second-order valence-electron chi connectivity index (χ2n) is 6.35. The van der Waals surface area contributed by atoms with E-state index < -0.39 is 11.0 Å². The Hall–Kier alpha value is -2.93. The predicted molar refractivity (Wildman–Crippen MR) is 102 cm³/mol. The molecular formula is C19H18ClN3O4. The molecule has 0 N–H and O–H groups in total. The summed E-state index contributed by atoms with van der Waals surface area (Å²) in [6.45, 7) is 4.24. The van der Waals surface area contributed by atoms with E-state index >= 15 is 0 Å². The molecule has 8 heteroatoms. The zero-order valence-corrected chi connectivity index (χ0v) is 15.6. The van der Waals surface area contributed by atoms with E-state index in [-0.39, 0.29) is 17.5 Å². The number of nitro groups is 1. The number of benzene rings is 2. The smallest absolute Gasteiger partial charge is 0.269 e. The Morgan fingerprint density at radius 1 is 1.19 bits per heavy atom. The third-order valence-electron chi connectivity index (χ3n) is 4.77. The van der Waals surface area contributed by atoms with Crippen LogP contribution in [0.15, 0.2) is 42.5 Å². The van der Waals surface area contributed by atoms with Crippen molar-refractivity contribution >= 4 is 34.8 Å². The molecule has 0 bridgehead atoms. The summed E-state index contributed by atoms with van der Waals surface area (Å²) < 4.78 is 0. The number of non-ortho nitro benzene ring substituents is 1. The maximum absolute atomic E-state index is 12.9. The molecule has 0 spiro atoms. The summed E-state index contributed by atoms with van der Waals surface area (Å²) in [4.78, 5) is 39.0. The van der Waals surface area contributed by atoms with Crippen LogP contribution >= 0.6 is 11.6 Å². The third-order valence-corrected chi connectivity index (χ3v) is 5.18. The van der Waals surface area contributed by atoms with Crippen molar-refractivity contribution in [3.63, 3.8) is 0 Å². The van der Waals surface area contributed by atoms with Crippen LogP contribution < -0.4 is 4.90 Å². The molecule has 0 radical (unpaired) electrons. The number of piperazine rings is 1. The number of amides is 2. The minimum Gasteiger partial charge on any atom is -0.325 e. The monoisotopic (exact) mass is 387 g/mol. The predicted octanol–water partition coefficient (Wildman–Crippen LogP) is 3.43. The van der Waals surface area contributed by atoms with Crippen LogP contribution in [0.25, 0.3) is 0 Å². The number of nitrogens with zero attached hydrogens (tertiary/aromatic N) is 3. The Kier molecular flexibility index (Phi) is 5.14. The molecule has 2 aromatic rings. The van der Waals surface area contributed by atoms with Gasteiger partial charge in [0, 0.05) is 41.5 Å². The Bertz CT molecular complexity index is 914. The lowest BCUT2D eigenvalue weighted by atomic mass is 10.1. The third kappa shape index (κ3) is 3.50. The number of anilines is 1. The van der Waals surface area contributed by atoms with E-state index in [1.807, 2.05) is 13.0 Å². The van der Waals surface area contributed by atoms with Gasteiger partial charge in [0.25, 0.3) is 11.6 Å². The number of rotatable bonds is 3. The van der Waals surface area contributed by atoms with Gasteiger partial charge in [-0.05, 0) is 43.7 Å². The SMILES string of the molecule is Cc1c(Cl)cccc1N1CCN(C(=O)c2ccc([N+](=O)[O-])cc2)C(C)C1=O. The van der Waals surface area contributed by atoms with Crippen LogP contribution in [0.4, 0.5) is 11.4 Å². The minimum atomic E-state index is -0.653. The van der Waals surface area contributed by atoms with Crippen molar-refractivity contribution in [2.75, 3.05) is 18.0 Å². The molecule has 7 nitrogen and oxygen atoms in total. The average molecular weight is 388 g/mol. The van der Waals surface area contributed by atoms with E-state index in [0.717, 1.165) is 11.3 Å². The summed E-state index contributed by atoms with van der Waals surface area (Å²) in [6, 6.07) is 10.1. The van der Waals surface area contributed by atoms with Gasteiger partial charge in [-0.25, -0.2) is 0 Å². The van der Waals surface area contributed by atoms with Gasteiger partial charge in [0.05, 0.1) is 4.92 Å². The molecule has 1 atom stereocenters. The molecule has 1 saturated heterocycles. The number of hydrogen-bond acceptors (Lipinski definition) is 4. The molecule has 0 saturated carbocycles. The second-order valence-corrected chi connectivity index (χ2v) is 6.76. The molecule has 0 aromatic heterocycles. The fraction of sp³-hybridized carbons (Fsp3) is 0.263. The zero-order chi connectivity index (χ0) is 19.7. The highest BCUT2D eigenvalue weighted by Gasteiger charge is 2.36. The Morgan fingerprint density at radius 3 is 2.48 bits per heavy atom. The highest BCUT2D eigenvalue weighted by atomic mass is 35.5. The Labute approximate surface area is 161 Å². The van der Waals surface area contributed by atoms with E-state index in [0.29, 0.717) is 23.7 Å². The number of nitro benzene ring substituents is 1. The van der Waals surface area contributed by atoms with E-state index in [1.165, 1.54) is 29.2 Å². The summed E-state index contributed by atoms with van der Waals surface area (Å²) >= 11 is 6.16. The van der Waals surface area contributed by atoms with Crippen LogP contribution in [0.1, 0.15) is 22.8 Å². The van der Waals surface area contributed by atoms with Crippen molar-refractivity contribution in [2.45, 2.75) is 19.9 Å². The van der Waals surface area contributed by atoms with Gasteiger partial charge in [-0.15, -0.1) is 0 Å². The van der Waals surface area contributed by atoms with Crippen LogP contribution in [0.2, 0.25) is 5.02 Å². The molecule has 1 aliphatic rings. The van der Waals surface area contributed by atoms with Gasteiger partial charge in [0.1, 0.15) is 6.04 Å². The number of carbonyl (C=O) groups excluding carboxylic acids is 2. The van der Waals surface area contributed by atoms with Crippen LogP contribution in [-0.2, 0) is 4.79 Å². The maximum atomic E-state index is 12.9. The molecule has 2 aromatic carbocycles. The van der Waals surface area contributed by atoms with Crippen LogP contribution in [-0.4, -0.2) is 40.8 Å². The van der Waals surface area contributed by atoms with Gasteiger partial charge in [0.15, 0.2) is 0 Å². The Balaban J connectivity index is 1.81. The topological polar surface area (TPSA) is 83.8 Å². The molecule has 1 fully saturated rings. The second kappa shape index (κ2) is 7.36. The lowest BCUT2D eigenvalue weighted by Crippen LogP contribution is -2.57. The molecule has 3 rings (SSSR count). The van der Waals surface area contributed by atoms with Crippen molar-refractivity contribution in [1.82, 2.24) is 4.90 Å². The lowest BCUT2D eigenvalue weighted by molar-refractivity contribution is -0.384. The molecule has 140 valence electrons. The van der Waals surface area contributed by atoms with Crippen molar-refractivity contribution in [1.29, 1.82) is 0 Å². The first-order chi connectivity index (χ1) is 12.8. The van der Waals surface area contributed by atoms with Gasteiger partial charge in [-0.2, -0.15) is 0 Å². The summed E-state index contributed by atoms with van der Waals surface area (Å²) in [5.41, 5.74) is 1.78. The average Bonchev–Trinajstić information content (AvgIpc) is 2.66. The minimum absolute atomic E-state index is 0.0862. The maximum Gasteiger partial charge on any atom is 0.269 e. The number of hydrogen-bond donors (Lipinski definition) is 0. The Morgan fingerprint density at radius 2 is 1.85 bits per heavy atom. The molecule has 1 unspecified atom stereocenters. The summed E-state index contributed by atoms with van der Waals surface area (Å²) in [5, 5.41) is 11.3.